The second-order valence-corrected chi connectivity index (χ2v) is 6.96. The van der Waals surface area contributed by atoms with Crippen molar-refractivity contribution >= 4 is 28.1 Å². The molecule has 0 amide bonds. The summed E-state index contributed by atoms with van der Waals surface area (Å²) < 4.78 is 5.88. The highest BCUT2D eigenvalue weighted by atomic mass is 16.6. The number of ether oxygens (including phenoxy) is 1. The molecular weight excluding hydrogens is 358 g/mol. The lowest BCUT2D eigenvalue weighted by molar-refractivity contribution is -0.385. The fraction of sp³-hybridized carbons (Fsp3) is 0.350. The summed E-state index contributed by atoms with van der Waals surface area (Å²) in [5, 5.41) is 15.7. The van der Waals surface area contributed by atoms with Gasteiger partial charge in [0, 0.05) is 16.8 Å². The first-order valence-corrected chi connectivity index (χ1v) is 9.41. The molecule has 1 aliphatic carbocycles. The quantitative estimate of drug-likeness (QED) is 0.506. The molecule has 0 spiro atoms. The number of aryl methyl sites for hydroxylation is 1. The monoisotopic (exact) mass is 379 g/mol. The molecule has 2 aromatic heterocycles. The van der Waals surface area contributed by atoms with E-state index in [-0.39, 0.29) is 23.5 Å². The summed E-state index contributed by atoms with van der Waals surface area (Å²) in [7, 11) is 0. The van der Waals surface area contributed by atoms with Crippen LogP contribution in [0.1, 0.15) is 37.8 Å². The molecule has 0 atom stereocenters. The van der Waals surface area contributed by atoms with Gasteiger partial charge in [-0.05, 0) is 56.9 Å². The molecule has 144 valence electrons. The third-order valence-electron chi connectivity index (χ3n) is 4.93. The molecular formula is C20H21N5O3. The Bertz CT molecular complexity index is 1020. The van der Waals surface area contributed by atoms with Crippen molar-refractivity contribution in [2.75, 3.05) is 5.32 Å². The van der Waals surface area contributed by atoms with Crippen molar-refractivity contribution in [3.63, 3.8) is 0 Å². The number of aromatic nitrogens is 3. The average Bonchev–Trinajstić information content (AvgIpc) is 2.68. The molecule has 1 aliphatic rings. The summed E-state index contributed by atoms with van der Waals surface area (Å²) in [5.74, 6) is 0.127. The van der Waals surface area contributed by atoms with Crippen LogP contribution in [0.15, 0.2) is 36.7 Å². The SMILES string of the molecule is Cc1ccc2c(Nc3ncnc(OC4CCCCC4)c3[N+](=O)[O-])cccc2n1. The molecule has 3 aromatic rings. The Hall–Kier alpha value is -3.29. The molecule has 0 bridgehead atoms. The Morgan fingerprint density at radius 3 is 2.75 bits per heavy atom. The van der Waals surface area contributed by atoms with Gasteiger partial charge in [-0.15, -0.1) is 0 Å². The van der Waals surface area contributed by atoms with Crippen LogP contribution in [0.5, 0.6) is 5.88 Å². The summed E-state index contributed by atoms with van der Waals surface area (Å²) in [5.41, 5.74) is 2.15. The molecule has 0 radical (unpaired) electrons. The van der Waals surface area contributed by atoms with Gasteiger partial charge in [-0.1, -0.05) is 12.5 Å². The van der Waals surface area contributed by atoms with E-state index >= 15 is 0 Å². The van der Waals surface area contributed by atoms with Gasteiger partial charge in [-0.25, -0.2) is 4.98 Å². The molecule has 28 heavy (non-hydrogen) atoms. The molecule has 1 aromatic carbocycles. The fourth-order valence-electron chi connectivity index (χ4n) is 3.54. The highest BCUT2D eigenvalue weighted by Crippen LogP contribution is 2.36. The van der Waals surface area contributed by atoms with Gasteiger partial charge in [0.25, 0.3) is 5.88 Å². The summed E-state index contributed by atoms with van der Waals surface area (Å²) in [6.07, 6.45) is 6.33. The van der Waals surface area contributed by atoms with Gasteiger partial charge in [0.15, 0.2) is 0 Å². The molecule has 1 fully saturated rings. The number of nitrogens with zero attached hydrogens (tertiary/aromatic N) is 4. The van der Waals surface area contributed by atoms with Gasteiger partial charge in [0.2, 0.25) is 5.82 Å². The predicted octanol–water partition coefficient (Wildman–Crippen LogP) is 4.70. The highest BCUT2D eigenvalue weighted by Gasteiger charge is 2.27. The zero-order chi connectivity index (χ0) is 19.5. The van der Waals surface area contributed by atoms with E-state index < -0.39 is 4.92 Å². The third-order valence-corrected chi connectivity index (χ3v) is 4.93. The number of fused-ring (bicyclic) bond motifs is 1. The van der Waals surface area contributed by atoms with Crippen molar-refractivity contribution in [3.8, 4) is 5.88 Å². The second kappa shape index (κ2) is 7.75. The van der Waals surface area contributed by atoms with Crippen LogP contribution in [0.2, 0.25) is 0 Å². The Morgan fingerprint density at radius 1 is 1.14 bits per heavy atom. The van der Waals surface area contributed by atoms with E-state index in [1.54, 1.807) is 0 Å². The fourth-order valence-corrected chi connectivity index (χ4v) is 3.54. The van der Waals surface area contributed by atoms with Crippen molar-refractivity contribution < 1.29 is 9.66 Å². The van der Waals surface area contributed by atoms with Gasteiger partial charge < -0.3 is 10.1 Å². The summed E-state index contributed by atoms with van der Waals surface area (Å²) in [4.78, 5) is 23.9. The number of benzene rings is 1. The molecule has 0 saturated heterocycles. The minimum absolute atomic E-state index is 0.0172. The van der Waals surface area contributed by atoms with Gasteiger partial charge >= 0.3 is 5.69 Å². The van der Waals surface area contributed by atoms with E-state index in [1.807, 2.05) is 37.3 Å². The number of nitro groups is 1. The lowest BCUT2D eigenvalue weighted by Crippen LogP contribution is -2.21. The van der Waals surface area contributed by atoms with Crippen LogP contribution in [-0.2, 0) is 0 Å². The molecule has 0 aliphatic heterocycles. The largest absolute Gasteiger partial charge is 0.469 e. The van der Waals surface area contributed by atoms with E-state index in [2.05, 4.69) is 20.3 Å². The minimum atomic E-state index is -0.492. The van der Waals surface area contributed by atoms with Crippen LogP contribution < -0.4 is 10.1 Å². The van der Waals surface area contributed by atoms with Crippen molar-refractivity contribution in [2.24, 2.45) is 0 Å². The highest BCUT2D eigenvalue weighted by molar-refractivity contribution is 5.93. The van der Waals surface area contributed by atoms with E-state index in [9.17, 15) is 10.1 Å². The average molecular weight is 379 g/mol. The van der Waals surface area contributed by atoms with E-state index in [1.165, 1.54) is 12.7 Å². The standard InChI is InChI=1S/C20H21N5O3/c1-13-10-11-15-16(23-13)8-5-9-17(15)24-19-18(25(26)27)20(22-12-21-19)28-14-6-3-2-4-7-14/h5,8-12,14H,2-4,6-7H2,1H3,(H,21,22,24). The van der Waals surface area contributed by atoms with E-state index in [0.29, 0.717) is 5.69 Å². The zero-order valence-corrected chi connectivity index (χ0v) is 15.6. The third kappa shape index (κ3) is 3.71. The van der Waals surface area contributed by atoms with Crippen LogP contribution in [0.25, 0.3) is 10.9 Å². The van der Waals surface area contributed by atoms with Crippen LogP contribution in [0.4, 0.5) is 17.2 Å². The van der Waals surface area contributed by atoms with Crippen LogP contribution >= 0.6 is 0 Å². The maximum Gasteiger partial charge on any atom is 0.373 e. The topological polar surface area (TPSA) is 103 Å². The van der Waals surface area contributed by atoms with Crippen molar-refractivity contribution in [1.29, 1.82) is 0 Å². The molecule has 8 nitrogen and oxygen atoms in total. The lowest BCUT2D eigenvalue weighted by Gasteiger charge is -2.22. The molecule has 4 rings (SSSR count). The number of nitrogens with one attached hydrogen (secondary N) is 1. The van der Waals surface area contributed by atoms with Gasteiger partial charge in [0.05, 0.1) is 10.4 Å². The van der Waals surface area contributed by atoms with Gasteiger partial charge in [-0.3, -0.25) is 15.1 Å². The van der Waals surface area contributed by atoms with Crippen molar-refractivity contribution in [1.82, 2.24) is 15.0 Å². The Morgan fingerprint density at radius 2 is 1.96 bits per heavy atom. The number of pyridine rings is 1. The van der Waals surface area contributed by atoms with E-state index in [4.69, 9.17) is 4.74 Å². The number of hydrogen-bond donors (Lipinski definition) is 1. The Labute approximate surface area is 162 Å². The molecule has 1 N–H and O–H groups in total. The van der Waals surface area contributed by atoms with E-state index in [0.717, 1.165) is 42.3 Å². The summed E-state index contributed by atoms with van der Waals surface area (Å²) in [6, 6.07) is 9.43. The molecule has 0 unspecified atom stereocenters. The Kier molecular flexibility index (Phi) is 5.01. The molecule has 2 heterocycles. The minimum Gasteiger partial charge on any atom is -0.469 e. The first-order valence-electron chi connectivity index (χ1n) is 9.41. The number of hydrogen-bond acceptors (Lipinski definition) is 7. The number of anilines is 2. The smallest absolute Gasteiger partial charge is 0.373 e. The Balaban J connectivity index is 1.70. The first kappa shape index (κ1) is 18.1. The van der Waals surface area contributed by atoms with Crippen molar-refractivity contribution in [3.05, 3.63) is 52.5 Å². The van der Waals surface area contributed by atoms with Gasteiger partial charge in [-0.2, -0.15) is 4.98 Å². The zero-order valence-electron chi connectivity index (χ0n) is 15.6. The van der Waals surface area contributed by atoms with Gasteiger partial charge in [0.1, 0.15) is 12.4 Å². The summed E-state index contributed by atoms with van der Waals surface area (Å²) in [6.45, 7) is 1.92. The van der Waals surface area contributed by atoms with Crippen LogP contribution in [-0.4, -0.2) is 26.0 Å². The normalized spacial score (nSPS) is 14.8. The second-order valence-electron chi connectivity index (χ2n) is 6.96. The maximum atomic E-state index is 11.8. The van der Waals surface area contributed by atoms with Crippen molar-refractivity contribution in [2.45, 2.75) is 45.1 Å². The first-order chi connectivity index (χ1) is 13.6. The van der Waals surface area contributed by atoms with Crippen LogP contribution in [0.3, 0.4) is 0 Å². The predicted molar refractivity (Wildman–Crippen MR) is 106 cm³/mol. The van der Waals surface area contributed by atoms with Crippen LogP contribution in [0, 0.1) is 17.0 Å². The summed E-state index contributed by atoms with van der Waals surface area (Å²) >= 11 is 0. The number of rotatable bonds is 5. The molecule has 1 saturated carbocycles. The molecule has 8 heteroatoms. The lowest BCUT2D eigenvalue weighted by atomic mass is 9.98. The maximum absolute atomic E-state index is 11.8.